The van der Waals surface area contributed by atoms with Crippen molar-refractivity contribution in [1.29, 1.82) is 0 Å². The lowest BCUT2D eigenvalue weighted by molar-refractivity contribution is 0.0922. The third-order valence-electron chi connectivity index (χ3n) is 3.98. The van der Waals surface area contributed by atoms with Crippen LogP contribution in [-0.2, 0) is 6.54 Å². The van der Waals surface area contributed by atoms with Crippen LogP contribution in [0.25, 0.3) is 0 Å². The summed E-state index contributed by atoms with van der Waals surface area (Å²) in [6, 6.07) is 12.3. The van der Waals surface area contributed by atoms with Crippen LogP contribution in [-0.4, -0.2) is 10.5 Å². The van der Waals surface area contributed by atoms with E-state index in [0.717, 1.165) is 11.0 Å². The average Bonchev–Trinajstić information content (AvgIpc) is 3.27. The second-order valence-corrected chi connectivity index (χ2v) is 6.44. The van der Waals surface area contributed by atoms with Crippen LogP contribution in [0.2, 0.25) is 0 Å². The number of amides is 1. The molecule has 0 saturated heterocycles. The Morgan fingerprint density at radius 2 is 2.10 bits per heavy atom. The number of aryl methyl sites for hydroxylation is 1. The van der Waals surface area contributed by atoms with Crippen LogP contribution in [0.4, 0.5) is 0 Å². The summed E-state index contributed by atoms with van der Waals surface area (Å²) in [5, 5.41) is 3.22. The van der Waals surface area contributed by atoms with Gasteiger partial charge in [-0.2, -0.15) is 0 Å². The zero-order valence-electron chi connectivity index (χ0n) is 12.1. The van der Waals surface area contributed by atoms with Gasteiger partial charge in [0.1, 0.15) is 5.69 Å². The van der Waals surface area contributed by atoms with E-state index >= 15 is 0 Å². The molecule has 1 aromatic carbocycles. The Labute approximate surface area is 133 Å². The summed E-state index contributed by atoms with van der Waals surface area (Å²) < 4.78 is 2.91. The molecular formula is C17H19BrN2O. The molecule has 1 aromatic heterocycles. The van der Waals surface area contributed by atoms with Gasteiger partial charge in [-0.3, -0.25) is 4.79 Å². The van der Waals surface area contributed by atoms with Gasteiger partial charge in [0.25, 0.3) is 5.91 Å². The lowest BCUT2D eigenvalue weighted by atomic mass is 10.0. The molecule has 1 aliphatic carbocycles. The lowest BCUT2D eigenvalue weighted by Gasteiger charge is -2.19. The van der Waals surface area contributed by atoms with Gasteiger partial charge >= 0.3 is 0 Å². The highest BCUT2D eigenvalue weighted by Gasteiger charge is 2.33. The van der Waals surface area contributed by atoms with E-state index in [0.29, 0.717) is 11.6 Å². The van der Waals surface area contributed by atoms with Crippen LogP contribution in [0.3, 0.4) is 0 Å². The molecule has 3 rings (SSSR count). The fourth-order valence-electron chi connectivity index (χ4n) is 2.71. The standard InChI is InChI=1S/C17H19BrN2O/c1-2-20-11-14(18)10-15(20)17(21)19-16(13-8-9-13)12-6-4-3-5-7-12/h3-7,10-11,13,16H,2,8-9H2,1H3,(H,19,21). The van der Waals surface area contributed by atoms with E-state index in [1.807, 2.05) is 42.0 Å². The van der Waals surface area contributed by atoms with Gasteiger partial charge in [-0.15, -0.1) is 0 Å². The number of hydrogen-bond donors (Lipinski definition) is 1. The van der Waals surface area contributed by atoms with Gasteiger partial charge in [-0.05, 0) is 53.2 Å². The third-order valence-corrected chi connectivity index (χ3v) is 4.41. The molecule has 1 aliphatic rings. The predicted octanol–water partition coefficient (Wildman–Crippen LogP) is 4.15. The van der Waals surface area contributed by atoms with Crippen molar-refractivity contribution in [2.45, 2.75) is 32.4 Å². The average molecular weight is 347 g/mol. The van der Waals surface area contributed by atoms with Crippen LogP contribution in [0.15, 0.2) is 47.1 Å². The summed E-state index contributed by atoms with van der Waals surface area (Å²) in [7, 11) is 0. The fraction of sp³-hybridized carbons (Fsp3) is 0.353. The molecule has 1 saturated carbocycles. The Morgan fingerprint density at radius 3 is 2.71 bits per heavy atom. The Bertz CT molecular complexity index is 631. The number of carbonyl (C=O) groups excluding carboxylic acids is 1. The van der Waals surface area contributed by atoms with Crippen molar-refractivity contribution in [1.82, 2.24) is 9.88 Å². The highest BCUT2D eigenvalue weighted by Crippen LogP contribution is 2.41. The minimum Gasteiger partial charge on any atom is -0.344 e. The van der Waals surface area contributed by atoms with Gasteiger partial charge in [0.15, 0.2) is 0 Å². The zero-order valence-corrected chi connectivity index (χ0v) is 13.6. The molecule has 1 atom stereocenters. The van der Waals surface area contributed by atoms with Gasteiger partial charge in [0, 0.05) is 17.2 Å². The van der Waals surface area contributed by atoms with E-state index in [2.05, 4.69) is 33.4 Å². The first-order chi connectivity index (χ1) is 10.2. The number of nitrogens with zero attached hydrogens (tertiary/aromatic N) is 1. The summed E-state index contributed by atoms with van der Waals surface area (Å²) in [6.45, 7) is 2.83. The zero-order chi connectivity index (χ0) is 14.8. The van der Waals surface area contributed by atoms with Gasteiger partial charge in [0.2, 0.25) is 0 Å². The number of nitrogens with one attached hydrogen (secondary N) is 1. The molecule has 1 unspecified atom stereocenters. The second kappa shape index (κ2) is 6.06. The summed E-state index contributed by atoms with van der Waals surface area (Å²) in [5.41, 5.74) is 1.91. The van der Waals surface area contributed by atoms with Crippen molar-refractivity contribution >= 4 is 21.8 Å². The van der Waals surface area contributed by atoms with E-state index in [4.69, 9.17) is 0 Å². The van der Waals surface area contributed by atoms with Gasteiger partial charge in [-0.1, -0.05) is 30.3 Å². The molecule has 1 N–H and O–H groups in total. The van der Waals surface area contributed by atoms with Gasteiger partial charge in [0.05, 0.1) is 6.04 Å². The first-order valence-electron chi connectivity index (χ1n) is 7.40. The smallest absolute Gasteiger partial charge is 0.268 e. The van der Waals surface area contributed by atoms with E-state index < -0.39 is 0 Å². The van der Waals surface area contributed by atoms with Crippen LogP contribution in [0.5, 0.6) is 0 Å². The first-order valence-corrected chi connectivity index (χ1v) is 8.20. The summed E-state index contributed by atoms with van der Waals surface area (Å²) in [6.07, 6.45) is 4.33. The van der Waals surface area contributed by atoms with Gasteiger partial charge < -0.3 is 9.88 Å². The highest BCUT2D eigenvalue weighted by molar-refractivity contribution is 9.10. The minimum absolute atomic E-state index is 0.00306. The van der Waals surface area contributed by atoms with E-state index in [-0.39, 0.29) is 11.9 Å². The number of hydrogen-bond acceptors (Lipinski definition) is 1. The summed E-state index contributed by atoms with van der Waals surface area (Å²) in [5.74, 6) is 0.577. The van der Waals surface area contributed by atoms with Crippen molar-refractivity contribution in [2.75, 3.05) is 0 Å². The topological polar surface area (TPSA) is 34.0 Å². The third kappa shape index (κ3) is 3.21. The predicted molar refractivity (Wildman–Crippen MR) is 87.2 cm³/mol. The molecule has 0 spiro atoms. The van der Waals surface area contributed by atoms with Crippen molar-refractivity contribution < 1.29 is 4.79 Å². The Kier molecular flexibility index (Phi) is 4.15. The molecule has 1 amide bonds. The number of carbonyl (C=O) groups is 1. The Balaban J connectivity index is 1.81. The molecule has 1 fully saturated rings. The van der Waals surface area contributed by atoms with Crippen LogP contribution in [0.1, 0.15) is 41.9 Å². The molecular weight excluding hydrogens is 328 g/mol. The lowest BCUT2D eigenvalue weighted by Crippen LogP contribution is -2.31. The fourth-order valence-corrected chi connectivity index (χ4v) is 3.17. The SMILES string of the molecule is CCn1cc(Br)cc1C(=O)NC(c1ccccc1)C1CC1. The molecule has 110 valence electrons. The van der Waals surface area contributed by atoms with Gasteiger partial charge in [-0.25, -0.2) is 0 Å². The second-order valence-electron chi connectivity index (χ2n) is 5.53. The van der Waals surface area contributed by atoms with Crippen molar-refractivity contribution in [2.24, 2.45) is 5.92 Å². The monoisotopic (exact) mass is 346 g/mol. The molecule has 3 nitrogen and oxygen atoms in total. The molecule has 0 radical (unpaired) electrons. The number of aromatic nitrogens is 1. The Hall–Kier alpha value is -1.55. The van der Waals surface area contributed by atoms with Crippen molar-refractivity contribution in [3.8, 4) is 0 Å². The maximum Gasteiger partial charge on any atom is 0.268 e. The molecule has 0 bridgehead atoms. The number of rotatable bonds is 5. The van der Waals surface area contributed by atoms with Crippen LogP contribution in [0, 0.1) is 5.92 Å². The Morgan fingerprint density at radius 1 is 1.38 bits per heavy atom. The summed E-state index contributed by atoms with van der Waals surface area (Å²) >= 11 is 3.44. The molecule has 1 heterocycles. The van der Waals surface area contributed by atoms with Crippen LogP contribution >= 0.6 is 15.9 Å². The van der Waals surface area contributed by atoms with E-state index in [1.165, 1.54) is 18.4 Å². The summed E-state index contributed by atoms with van der Waals surface area (Å²) in [4.78, 5) is 12.6. The minimum atomic E-state index is 0.00306. The largest absolute Gasteiger partial charge is 0.344 e. The van der Waals surface area contributed by atoms with Crippen LogP contribution < -0.4 is 5.32 Å². The highest BCUT2D eigenvalue weighted by atomic mass is 79.9. The normalized spacial score (nSPS) is 15.7. The maximum absolute atomic E-state index is 12.6. The van der Waals surface area contributed by atoms with E-state index in [1.54, 1.807) is 0 Å². The molecule has 21 heavy (non-hydrogen) atoms. The van der Waals surface area contributed by atoms with Crippen molar-refractivity contribution in [3.63, 3.8) is 0 Å². The first kappa shape index (κ1) is 14.4. The number of benzene rings is 1. The van der Waals surface area contributed by atoms with E-state index in [9.17, 15) is 4.79 Å². The quantitative estimate of drug-likeness (QED) is 0.866. The molecule has 0 aliphatic heterocycles. The maximum atomic E-state index is 12.6. The van der Waals surface area contributed by atoms with Crippen molar-refractivity contribution in [3.05, 3.63) is 58.3 Å². The molecule has 4 heteroatoms. The molecule has 2 aromatic rings. The number of halogens is 1.